The van der Waals surface area contributed by atoms with Crippen molar-refractivity contribution in [2.45, 2.75) is 38.0 Å². The van der Waals surface area contributed by atoms with Gasteiger partial charge in [0.25, 0.3) is 0 Å². The Kier molecular flexibility index (Phi) is 5.27. The SMILES string of the molecule is Cc1cc(N[C@@H]2CC[C@@H]3C(=O)NCCN3C2)nnc1-c1ccc(C(F)(F)F)cc1O. The number of carbonyl (C=O) groups is 1. The fourth-order valence-electron chi connectivity index (χ4n) is 4.08. The molecule has 4 rings (SSSR count). The van der Waals surface area contributed by atoms with Crippen molar-refractivity contribution in [3.8, 4) is 17.0 Å². The number of piperazine rings is 1. The molecule has 0 aliphatic carbocycles. The number of amides is 1. The van der Waals surface area contributed by atoms with Crippen LogP contribution in [0.1, 0.15) is 24.0 Å². The predicted octanol–water partition coefficient (Wildman–Crippen LogP) is 2.55. The van der Waals surface area contributed by atoms with Crippen LogP contribution >= 0.6 is 0 Å². The van der Waals surface area contributed by atoms with Crippen LogP contribution in [0.2, 0.25) is 0 Å². The Morgan fingerprint density at radius 2 is 2.03 bits per heavy atom. The molecular weight excluding hydrogens is 399 g/mol. The first kappa shape index (κ1) is 20.4. The van der Waals surface area contributed by atoms with E-state index in [4.69, 9.17) is 0 Å². The highest BCUT2D eigenvalue weighted by molar-refractivity contribution is 5.82. The Balaban J connectivity index is 1.48. The lowest BCUT2D eigenvalue weighted by Gasteiger charge is -2.41. The minimum Gasteiger partial charge on any atom is -0.507 e. The maximum absolute atomic E-state index is 12.8. The summed E-state index contributed by atoms with van der Waals surface area (Å²) >= 11 is 0. The summed E-state index contributed by atoms with van der Waals surface area (Å²) in [6.45, 7) is 3.94. The number of hydrogen-bond acceptors (Lipinski definition) is 6. The molecule has 30 heavy (non-hydrogen) atoms. The lowest BCUT2D eigenvalue weighted by atomic mass is 9.96. The number of aromatic hydroxyl groups is 1. The third-order valence-electron chi connectivity index (χ3n) is 5.60. The van der Waals surface area contributed by atoms with E-state index >= 15 is 0 Å². The third-order valence-corrected chi connectivity index (χ3v) is 5.60. The number of benzene rings is 1. The van der Waals surface area contributed by atoms with Gasteiger partial charge in [-0.15, -0.1) is 10.2 Å². The maximum Gasteiger partial charge on any atom is 0.416 e. The second-order valence-corrected chi connectivity index (χ2v) is 7.71. The Morgan fingerprint density at radius 3 is 2.73 bits per heavy atom. The fourth-order valence-corrected chi connectivity index (χ4v) is 4.08. The molecule has 3 N–H and O–H groups in total. The van der Waals surface area contributed by atoms with Crippen molar-refractivity contribution in [3.05, 3.63) is 35.4 Å². The highest BCUT2D eigenvalue weighted by Crippen LogP contribution is 2.37. The molecule has 10 heteroatoms. The normalized spacial score (nSPS) is 22.3. The first-order valence-corrected chi connectivity index (χ1v) is 9.75. The fraction of sp³-hybridized carbons (Fsp3) is 0.450. The number of nitrogens with zero attached hydrogens (tertiary/aromatic N) is 3. The molecule has 3 heterocycles. The van der Waals surface area contributed by atoms with E-state index in [1.807, 2.05) is 0 Å². The number of halogens is 3. The maximum atomic E-state index is 12.8. The van der Waals surface area contributed by atoms with E-state index in [9.17, 15) is 23.1 Å². The summed E-state index contributed by atoms with van der Waals surface area (Å²) in [5.41, 5.74) is 0.269. The highest BCUT2D eigenvalue weighted by Gasteiger charge is 2.35. The number of nitrogens with one attached hydrogen (secondary N) is 2. The average molecular weight is 421 g/mol. The van der Waals surface area contributed by atoms with Gasteiger partial charge in [-0.05, 0) is 49.6 Å². The molecule has 0 saturated carbocycles. The van der Waals surface area contributed by atoms with Gasteiger partial charge in [0.15, 0.2) is 0 Å². The van der Waals surface area contributed by atoms with Gasteiger partial charge in [0.05, 0.1) is 17.3 Å². The van der Waals surface area contributed by atoms with Crippen LogP contribution in [0.5, 0.6) is 5.75 Å². The van der Waals surface area contributed by atoms with Crippen molar-refractivity contribution >= 4 is 11.7 Å². The van der Waals surface area contributed by atoms with Crippen LogP contribution in [-0.4, -0.2) is 57.8 Å². The summed E-state index contributed by atoms with van der Waals surface area (Å²) in [6.07, 6.45) is -2.96. The van der Waals surface area contributed by atoms with E-state index in [2.05, 4.69) is 25.7 Å². The number of hydrogen-bond donors (Lipinski definition) is 3. The van der Waals surface area contributed by atoms with Crippen LogP contribution in [-0.2, 0) is 11.0 Å². The number of fused-ring (bicyclic) bond motifs is 1. The van der Waals surface area contributed by atoms with Crippen LogP contribution in [0.15, 0.2) is 24.3 Å². The van der Waals surface area contributed by atoms with E-state index < -0.39 is 17.5 Å². The molecule has 0 unspecified atom stereocenters. The molecule has 0 radical (unpaired) electrons. The molecule has 160 valence electrons. The molecule has 2 atom stereocenters. The summed E-state index contributed by atoms with van der Waals surface area (Å²) in [5, 5.41) is 24.6. The second kappa shape index (κ2) is 7.75. The summed E-state index contributed by atoms with van der Waals surface area (Å²) in [7, 11) is 0. The summed E-state index contributed by atoms with van der Waals surface area (Å²) in [5.74, 6) is 0.133. The Labute approximate surface area is 171 Å². The smallest absolute Gasteiger partial charge is 0.416 e. The molecule has 2 aliphatic heterocycles. The average Bonchev–Trinajstić information content (AvgIpc) is 2.68. The molecule has 1 aromatic carbocycles. The van der Waals surface area contributed by atoms with E-state index in [1.54, 1.807) is 13.0 Å². The molecule has 2 aromatic rings. The van der Waals surface area contributed by atoms with Crippen molar-refractivity contribution in [2.75, 3.05) is 25.0 Å². The summed E-state index contributed by atoms with van der Waals surface area (Å²) in [6, 6.07) is 4.60. The number of carbonyl (C=O) groups excluding carboxylic acids is 1. The zero-order valence-electron chi connectivity index (χ0n) is 16.3. The van der Waals surface area contributed by atoms with Gasteiger partial charge in [0.1, 0.15) is 11.6 Å². The molecule has 2 aliphatic rings. The van der Waals surface area contributed by atoms with Gasteiger partial charge in [-0.25, -0.2) is 0 Å². The number of phenols is 1. The van der Waals surface area contributed by atoms with Crippen LogP contribution in [0.3, 0.4) is 0 Å². The molecule has 0 bridgehead atoms. The molecular formula is C20H22F3N5O2. The monoisotopic (exact) mass is 421 g/mol. The molecule has 1 amide bonds. The Hall–Kier alpha value is -2.88. The first-order valence-electron chi connectivity index (χ1n) is 9.75. The number of alkyl halides is 3. The second-order valence-electron chi connectivity index (χ2n) is 7.71. The quantitative estimate of drug-likeness (QED) is 0.706. The number of phenolic OH excluding ortho intramolecular Hbond substituents is 1. The Bertz CT molecular complexity index is 966. The van der Waals surface area contributed by atoms with Crippen molar-refractivity contribution < 1.29 is 23.1 Å². The number of aryl methyl sites for hydroxylation is 1. The van der Waals surface area contributed by atoms with Gasteiger partial charge < -0.3 is 15.7 Å². The first-order chi connectivity index (χ1) is 14.2. The number of rotatable bonds is 3. The van der Waals surface area contributed by atoms with E-state index in [0.717, 1.165) is 32.0 Å². The highest BCUT2D eigenvalue weighted by atomic mass is 19.4. The van der Waals surface area contributed by atoms with Crippen LogP contribution < -0.4 is 10.6 Å². The van der Waals surface area contributed by atoms with E-state index in [-0.39, 0.29) is 23.6 Å². The van der Waals surface area contributed by atoms with Gasteiger partial charge in [0, 0.05) is 31.2 Å². The third kappa shape index (κ3) is 4.04. The number of piperidine rings is 1. The minimum absolute atomic E-state index is 0.0744. The topological polar surface area (TPSA) is 90.4 Å². The van der Waals surface area contributed by atoms with Gasteiger partial charge >= 0.3 is 6.18 Å². The van der Waals surface area contributed by atoms with Crippen molar-refractivity contribution in [2.24, 2.45) is 0 Å². The number of aromatic nitrogens is 2. The van der Waals surface area contributed by atoms with E-state index in [1.165, 1.54) is 6.07 Å². The lowest BCUT2D eigenvalue weighted by molar-refractivity contribution is -0.137. The molecule has 1 aromatic heterocycles. The van der Waals surface area contributed by atoms with Gasteiger partial charge in [-0.2, -0.15) is 13.2 Å². The molecule has 2 saturated heterocycles. The predicted molar refractivity (Wildman–Crippen MR) is 104 cm³/mol. The lowest BCUT2D eigenvalue weighted by Crippen LogP contribution is -2.60. The molecule has 0 spiro atoms. The van der Waals surface area contributed by atoms with Crippen LogP contribution in [0.25, 0.3) is 11.3 Å². The zero-order valence-corrected chi connectivity index (χ0v) is 16.3. The van der Waals surface area contributed by atoms with Crippen LogP contribution in [0, 0.1) is 6.92 Å². The van der Waals surface area contributed by atoms with Crippen LogP contribution in [0.4, 0.5) is 19.0 Å². The summed E-state index contributed by atoms with van der Waals surface area (Å²) in [4.78, 5) is 14.1. The van der Waals surface area contributed by atoms with Gasteiger partial charge in [-0.3, -0.25) is 9.69 Å². The largest absolute Gasteiger partial charge is 0.507 e. The van der Waals surface area contributed by atoms with Crippen molar-refractivity contribution in [1.82, 2.24) is 20.4 Å². The van der Waals surface area contributed by atoms with Crippen molar-refractivity contribution in [3.63, 3.8) is 0 Å². The number of anilines is 1. The standard InChI is InChI=1S/C20H22F3N5O2/c1-11-8-17(25-13-3-5-15-19(30)24-6-7-28(15)10-13)26-27-18(11)14-4-2-12(9-16(14)29)20(21,22)23/h2,4,8-9,13,15,29H,3,5-7,10H2,1H3,(H,24,30)(H,25,26)/t13-,15-/m1/s1. The van der Waals surface area contributed by atoms with E-state index in [0.29, 0.717) is 29.7 Å². The Morgan fingerprint density at radius 1 is 1.23 bits per heavy atom. The van der Waals surface area contributed by atoms with Crippen molar-refractivity contribution in [1.29, 1.82) is 0 Å². The van der Waals surface area contributed by atoms with Gasteiger partial charge in [-0.1, -0.05) is 0 Å². The molecule has 7 nitrogen and oxygen atoms in total. The minimum atomic E-state index is -4.53. The van der Waals surface area contributed by atoms with Gasteiger partial charge in [0.2, 0.25) is 5.91 Å². The zero-order chi connectivity index (χ0) is 21.5. The molecule has 2 fully saturated rings. The summed E-state index contributed by atoms with van der Waals surface area (Å²) < 4.78 is 38.4.